The number of likely N-dealkylation sites (tertiary alicyclic amines) is 1. The number of aromatic nitrogens is 3. The van der Waals surface area contributed by atoms with Gasteiger partial charge < -0.3 is 9.47 Å². The van der Waals surface area contributed by atoms with Gasteiger partial charge in [0, 0.05) is 24.5 Å². The van der Waals surface area contributed by atoms with Crippen molar-refractivity contribution in [2.75, 3.05) is 13.1 Å². The predicted octanol–water partition coefficient (Wildman–Crippen LogP) is 3.08. The molecular weight excluding hydrogens is 328 g/mol. The summed E-state index contributed by atoms with van der Waals surface area (Å²) < 4.78 is 2.05. The van der Waals surface area contributed by atoms with Crippen LogP contribution in [0.15, 0.2) is 29.0 Å². The van der Waals surface area contributed by atoms with E-state index >= 15 is 0 Å². The molecule has 1 atom stereocenters. The summed E-state index contributed by atoms with van der Waals surface area (Å²) in [6.45, 7) is 4.62. The standard InChI is InChI=1S/C16H22N4OS2/c1-13(15(21)19-8-3-2-4-9-19)23-16-18-17-12-20(16)10-7-14-6-5-11-22-14/h5-6,11-13H,2-4,7-10H2,1H3. The van der Waals surface area contributed by atoms with Crippen molar-refractivity contribution in [3.05, 3.63) is 28.7 Å². The molecule has 1 aliphatic heterocycles. The summed E-state index contributed by atoms with van der Waals surface area (Å²) in [4.78, 5) is 15.9. The molecule has 0 aliphatic carbocycles. The first-order valence-corrected chi connectivity index (χ1v) is 9.85. The predicted molar refractivity (Wildman–Crippen MR) is 93.8 cm³/mol. The normalized spacial score (nSPS) is 16.5. The van der Waals surface area contributed by atoms with E-state index in [1.54, 1.807) is 17.7 Å². The van der Waals surface area contributed by atoms with E-state index in [9.17, 15) is 4.79 Å². The molecule has 0 saturated carbocycles. The zero-order valence-electron chi connectivity index (χ0n) is 13.4. The Morgan fingerprint density at radius 1 is 1.39 bits per heavy atom. The number of hydrogen-bond acceptors (Lipinski definition) is 5. The molecule has 7 heteroatoms. The molecule has 0 spiro atoms. The molecule has 1 aliphatic rings. The smallest absolute Gasteiger partial charge is 0.235 e. The second-order valence-electron chi connectivity index (χ2n) is 5.78. The Hall–Kier alpha value is -1.34. The largest absolute Gasteiger partial charge is 0.342 e. The molecule has 0 bridgehead atoms. The second-order valence-corrected chi connectivity index (χ2v) is 8.12. The van der Waals surface area contributed by atoms with Crippen molar-refractivity contribution < 1.29 is 4.79 Å². The third-order valence-electron chi connectivity index (χ3n) is 4.06. The van der Waals surface area contributed by atoms with E-state index in [1.807, 2.05) is 16.4 Å². The lowest BCUT2D eigenvalue weighted by Gasteiger charge is -2.28. The molecule has 1 fully saturated rings. The summed E-state index contributed by atoms with van der Waals surface area (Å²) in [6, 6.07) is 4.21. The number of nitrogens with zero attached hydrogens (tertiary/aromatic N) is 4. The van der Waals surface area contributed by atoms with Gasteiger partial charge in [-0.25, -0.2) is 0 Å². The highest BCUT2D eigenvalue weighted by Gasteiger charge is 2.24. The Bertz CT molecular complexity index is 620. The van der Waals surface area contributed by atoms with E-state index in [1.165, 1.54) is 23.1 Å². The van der Waals surface area contributed by atoms with E-state index < -0.39 is 0 Å². The fraction of sp³-hybridized carbons (Fsp3) is 0.562. The van der Waals surface area contributed by atoms with Gasteiger partial charge in [-0.1, -0.05) is 17.8 Å². The highest BCUT2D eigenvalue weighted by molar-refractivity contribution is 8.00. The van der Waals surface area contributed by atoms with E-state index in [4.69, 9.17) is 0 Å². The van der Waals surface area contributed by atoms with Crippen LogP contribution in [0.25, 0.3) is 0 Å². The third-order valence-corrected chi connectivity index (χ3v) is 6.08. The highest BCUT2D eigenvalue weighted by atomic mass is 32.2. The fourth-order valence-corrected chi connectivity index (χ4v) is 4.39. The molecule has 2 aromatic rings. The van der Waals surface area contributed by atoms with Crippen LogP contribution < -0.4 is 0 Å². The maximum Gasteiger partial charge on any atom is 0.235 e. The summed E-state index contributed by atoms with van der Waals surface area (Å²) in [7, 11) is 0. The van der Waals surface area contributed by atoms with Crippen molar-refractivity contribution in [3.8, 4) is 0 Å². The van der Waals surface area contributed by atoms with Crippen molar-refractivity contribution in [2.45, 2.75) is 49.6 Å². The van der Waals surface area contributed by atoms with Gasteiger partial charge in [-0.3, -0.25) is 4.79 Å². The molecule has 5 nitrogen and oxygen atoms in total. The lowest BCUT2D eigenvalue weighted by Crippen LogP contribution is -2.40. The fourth-order valence-electron chi connectivity index (χ4n) is 2.75. The Morgan fingerprint density at radius 3 is 2.96 bits per heavy atom. The summed E-state index contributed by atoms with van der Waals surface area (Å²) in [6.07, 6.45) is 6.22. The molecule has 0 N–H and O–H groups in total. The van der Waals surface area contributed by atoms with Crippen molar-refractivity contribution in [1.29, 1.82) is 0 Å². The van der Waals surface area contributed by atoms with Gasteiger partial charge >= 0.3 is 0 Å². The van der Waals surface area contributed by atoms with E-state index in [0.717, 1.165) is 44.1 Å². The highest BCUT2D eigenvalue weighted by Crippen LogP contribution is 2.24. The van der Waals surface area contributed by atoms with Crippen LogP contribution in [-0.4, -0.2) is 43.9 Å². The van der Waals surface area contributed by atoms with E-state index in [-0.39, 0.29) is 11.2 Å². The Morgan fingerprint density at radius 2 is 2.22 bits per heavy atom. The molecule has 0 aromatic carbocycles. The van der Waals surface area contributed by atoms with Crippen LogP contribution in [-0.2, 0) is 17.8 Å². The van der Waals surface area contributed by atoms with Crippen LogP contribution in [0.1, 0.15) is 31.1 Å². The van der Waals surface area contributed by atoms with E-state index in [0.29, 0.717) is 0 Å². The summed E-state index contributed by atoms with van der Waals surface area (Å²) >= 11 is 3.28. The number of thiophene rings is 1. The first kappa shape index (κ1) is 16.5. The molecular formula is C16H22N4OS2. The average Bonchev–Trinajstić information content (AvgIpc) is 3.24. The summed E-state index contributed by atoms with van der Waals surface area (Å²) in [5, 5.41) is 11.0. The maximum absolute atomic E-state index is 12.5. The quantitative estimate of drug-likeness (QED) is 0.751. The van der Waals surface area contributed by atoms with Gasteiger partial charge in [-0.05, 0) is 44.1 Å². The number of amides is 1. The minimum absolute atomic E-state index is 0.113. The zero-order chi connectivity index (χ0) is 16.1. The first-order chi connectivity index (χ1) is 11.2. The topological polar surface area (TPSA) is 51.0 Å². The molecule has 0 radical (unpaired) electrons. The Kier molecular flexibility index (Phi) is 5.72. The molecule has 3 rings (SSSR count). The van der Waals surface area contributed by atoms with Crippen molar-refractivity contribution in [2.24, 2.45) is 0 Å². The number of hydrogen-bond donors (Lipinski definition) is 0. The van der Waals surface area contributed by atoms with Gasteiger partial charge in [0.25, 0.3) is 0 Å². The van der Waals surface area contributed by atoms with Gasteiger partial charge in [-0.2, -0.15) is 0 Å². The van der Waals surface area contributed by atoms with Gasteiger partial charge in [-0.15, -0.1) is 21.5 Å². The molecule has 23 heavy (non-hydrogen) atoms. The Balaban J connectivity index is 1.56. The van der Waals surface area contributed by atoms with Crippen molar-refractivity contribution >= 4 is 29.0 Å². The Labute approximate surface area is 145 Å². The van der Waals surface area contributed by atoms with E-state index in [2.05, 4.69) is 27.7 Å². The second kappa shape index (κ2) is 7.97. The molecule has 2 aromatic heterocycles. The number of carbonyl (C=O) groups is 1. The monoisotopic (exact) mass is 350 g/mol. The third kappa shape index (κ3) is 4.35. The van der Waals surface area contributed by atoms with Gasteiger partial charge in [0.15, 0.2) is 5.16 Å². The lowest BCUT2D eigenvalue weighted by atomic mass is 10.1. The number of rotatable bonds is 6. The number of aryl methyl sites for hydroxylation is 2. The first-order valence-electron chi connectivity index (χ1n) is 8.09. The number of thioether (sulfide) groups is 1. The van der Waals surface area contributed by atoms with Crippen molar-refractivity contribution in [1.82, 2.24) is 19.7 Å². The molecule has 3 heterocycles. The van der Waals surface area contributed by atoms with Gasteiger partial charge in [0.1, 0.15) is 6.33 Å². The maximum atomic E-state index is 12.5. The lowest BCUT2D eigenvalue weighted by molar-refractivity contribution is -0.131. The summed E-state index contributed by atoms with van der Waals surface area (Å²) in [5.41, 5.74) is 0. The minimum Gasteiger partial charge on any atom is -0.342 e. The minimum atomic E-state index is -0.113. The number of piperidine rings is 1. The SMILES string of the molecule is CC(Sc1nncn1CCc1cccs1)C(=O)N1CCCCC1. The van der Waals surface area contributed by atoms with Crippen LogP contribution in [0, 0.1) is 0 Å². The zero-order valence-corrected chi connectivity index (χ0v) is 15.0. The van der Waals surface area contributed by atoms with Crippen LogP contribution in [0.3, 0.4) is 0 Å². The van der Waals surface area contributed by atoms with Crippen LogP contribution in [0.5, 0.6) is 0 Å². The number of carbonyl (C=O) groups excluding carboxylic acids is 1. The van der Waals surface area contributed by atoms with Crippen LogP contribution >= 0.6 is 23.1 Å². The van der Waals surface area contributed by atoms with Crippen molar-refractivity contribution in [3.63, 3.8) is 0 Å². The molecule has 1 amide bonds. The van der Waals surface area contributed by atoms with Gasteiger partial charge in [0.05, 0.1) is 5.25 Å². The molecule has 1 saturated heterocycles. The molecule has 1 unspecified atom stereocenters. The van der Waals surface area contributed by atoms with Crippen LogP contribution in [0.2, 0.25) is 0 Å². The average molecular weight is 351 g/mol. The van der Waals surface area contributed by atoms with Gasteiger partial charge in [0.2, 0.25) is 5.91 Å². The summed E-state index contributed by atoms with van der Waals surface area (Å²) in [5.74, 6) is 0.225. The molecule has 124 valence electrons. The van der Waals surface area contributed by atoms with Crippen LogP contribution in [0.4, 0.5) is 0 Å².